The third-order valence-corrected chi connectivity index (χ3v) is 4.98. The summed E-state index contributed by atoms with van der Waals surface area (Å²) < 4.78 is 0. The van der Waals surface area contributed by atoms with Gasteiger partial charge in [0, 0.05) is 10.4 Å². The highest BCUT2D eigenvalue weighted by Crippen LogP contribution is 2.38. The zero-order valence-corrected chi connectivity index (χ0v) is 12.3. The molecule has 1 aliphatic carbocycles. The average Bonchev–Trinajstić information content (AvgIpc) is 2.87. The monoisotopic (exact) mass is 300 g/mol. The van der Waals surface area contributed by atoms with Gasteiger partial charge in [0.25, 0.3) is 11.8 Å². The lowest BCUT2D eigenvalue weighted by atomic mass is 9.97. The summed E-state index contributed by atoms with van der Waals surface area (Å²) in [5, 5.41) is 2.89. The lowest BCUT2D eigenvalue weighted by molar-refractivity contribution is 0.100. The first-order valence-corrected chi connectivity index (χ1v) is 7.79. The fraction of sp³-hybridized carbons (Fsp3) is 0.250. The van der Waals surface area contributed by atoms with Gasteiger partial charge in [-0.05, 0) is 43.4 Å². The van der Waals surface area contributed by atoms with Gasteiger partial charge in [-0.3, -0.25) is 9.59 Å². The summed E-state index contributed by atoms with van der Waals surface area (Å²) in [5.74, 6) is -0.679. The minimum absolute atomic E-state index is 0.204. The second kappa shape index (κ2) is 5.69. The molecule has 0 spiro atoms. The molecule has 0 saturated heterocycles. The van der Waals surface area contributed by atoms with Crippen molar-refractivity contribution < 1.29 is 9.59 Å². The summed E-state index contributed by atoms with van der Waals surface area (Å²) >= 11 is 1.42. The van der Waals surface area contributed by atoms with Gasteiger partial charge < -0.3 is 11.1 Å². The number of nitrogens with one attached hydrogen (secondary N) is 1. The van der Waals surface area contributed by atoms with E-state index in [-0.39, 0.29) is 5.91 Å². The van der Waals surface area contributed by atoms with Crippen molar-refractivity contribution in [1.82, 2.24) is 0 Å². The van der Waals surface area contributed by atoms with Crippen LogP contribution in [0.3, 0.4) is 0 Å². The van der Waals surface area contributed by atoms with Gasteiger partial charge in [0.05, 0.1) is 5.69 Å². The van der Waals surface area contributed by atoms with Gasteiger partial charge in [-0.2, -0.15) is 0 Å². The van der Waals surface area contributed by atoms with Crippen LogP contribution in [0.4, 0.5) is 5.69 Å². The molecule has 0 atom stereocenters. The third kappa shape index (κ3) is 2.69. The maximum atomic E-state index is 12.3. The number of hydrogen-bond acceptors (Lipinski definition) is 3. The molecule has 0 fully saturated rings. The number of aryl methyl sites for hydroxylation is 1. The molecule has 1 aliphatic rings. The summed E-state index contributed by atoms with van der Waals surface area (Å²) in [6.07, 6.45) is 4.05. The fourth-order valence-corrected chi connectivity index (χ4v) is 3.84. The van der Waals surface area contributed by atoms with Crippen LogP contribution in [0, 0.1) is 0 Å². The smallest absolute Gasteiger partial charge is 0.260 e. The van der Waals surface area contributed by atoms with Crippen LogP contribution in [-0.2, 0) is 12.8 Å². The highest BCUT2D eigenvalue weighted by molar-refractivity contribution is 7.15. The number of carbonyl (C=O) groups is 2. The maximum Gasteiger partial charge on any atom is 0.260 e. The van der Waals surface area contributed by atoms with Crippen molar-refractivity contribution in [2.24, 2.45) is 5.73 Å². The summed E-state index contributed by atoms with van der Waals surface area (Å²) in [4.78, 5) is 25.6. The van der Waals surface area contributed by atoms with Crippen LogP contribution >= 0.6 is 11.3 Å². The third-order valence-electron chi connectivity index (χ3n) is 3.67. The Labute approximate surface area is 127 Å². The molecule has 108 valence electrons. The van der Waals surface area contributed by atoms with Crippen LogP contribution < -0.4 is 11.1 Å². The summed E-state index contributed by atoms with van der Waals surface area (Å²) in [6.45, 7) is 0. The molecule has 0 saturated carbocycles. The Bertz CT molecular complexity index is 692. The predicted molar refractivity (Wildman–Crippen MR) is 83.9 cm³/mol. The van der Waals surface area contributed by atoms with Crippen molar-refractivity contribution in [3.8, 4) is 0 Å². The van der Waals surface area contributed by atoms with E-state index in [1.165, 1.54) is 16.2 Å². The SMILES string of the molecule is NC(=O)c1sc2c(c1NC(=O)c1ccccc1)CCCC2. The van der Waals surface area contributed by atoms with Gasteiger partial charge in [-0.25, -0.2) is 0 Å². The van der Waals surface area contributed by atoms with E-state index in [0.717, 1.165) is 31.2 Å². The predicted octanol–water partition coefficient (Wildman–Crippen LogP) is 2.98. The number of hydrogen-bond donors (Lipinski definition) is 2. The minimum atomic E-state index is -0.474. The number of anilines is 1. The van der Waals surface area contributed by atoms with E-state index in [0.29, 0.717) is 16.1 Å². The zero-order valence-electron chi connectivity index (χ0n) is 11.5. The first-order valence-electron chi connectivity index (χ1n) is 6.97. The van der Waals surface area contributed by atoms with Crippen molar-refractivity contribution in [3.05, 3.63) is 51.2 Å². The van der Waals surface area contributed by atoms with Crippen LogP contribution in [0.25, 0.3) is 0 Å². The number of carbonyl (C=O) groups excluding carboxylic acids is 2. The maximum absolute atomic E-state index is 12.3. The van der Waals surface area contributed by atoms with Gasteiger partial charge >= 0.3 is 0 Å². The summed E-state index contributed by atoms with van der Waals surface area (Å²) in [6, 6.07) is 8.98. The summed E-state index contributed by atoms with van der Waals surface area (Å²) in [5.41, 5.74) is 7.74. The van der Waals surface area contributed by atoms with Crippen molar-refractivity contribution in [2.75, 3.05) is 5.32 Å². The molecular formula is C16H16N2O2S. The van der Waals surface area contributed by atoms with Gasteiger partial charge in [0.1, 0.15) is 4.88 Å². The van der Waals surface area contributed by atoms with E-state index in [1.807, 2.05) is 18.2 Å². The number of primary amides is 1. The lowest BCUT2D eigenvalue weighted by Gasteiger charge is -2.13. The Morgan fingerprint density at radius 3 is 2.52 bits per heavy atom. The first kappa shape index (κ1) is 13.8. The van der Waals surface area contributed by atoms with Crippen LogP contribution in [0.5, 0.6) is 0 Å². The molecule has 3 N–H and O–H groups in total. The molecule has 21 heavy (non-hydrogen) atoms. The Hall–Kier alpha value is -2.14. The van der Waals surface area contributed by atoms with Crippen LogP contribution in [0.1, 0.15) is 43.3 Å². The van der Waals surface area contributed by atoms with Crippen molar-refractivity contribution in [2.45, 2.75) is 25.7 Å². The number of nitrogens with two attached hydrogens (primary N) is 1. The number of amides is 2. The van der Waals surface area contributed by atoms with Gasteiger partial charge in [0.15, 0.2) is 0 Å². The van der Waals surface area contributed by atoms with Gasteiger partial charge in [0.2, 0.25) is 0 Å². The Balaban J connectivity index is 1.96. The molecule has 2 aromatic rings. The first-order chi connectivity index (χ1) is 10.2. The molecular weight excluding hydrogens is 284 g/mol. The fourth-order valence-electron chi connectivity index (χ4n) is 2.65. The molecule has 5 heteroatoms. The van der Waals surface area contributed by atoms with Crippen LogP contribution in [0.2, 0.25) is 0 Å². The second-order valence-electron chi connectivity index (χ2n) is 5.10. The van der Waals surface area contributed by atoms with Crippen molar-refractivity contribution in [3.63, 3.8) is 0 Å². The standard InChI is InChI=1S/C16H16N2O2S/c17-15(19)14-13(11-8-4-5-9-12(11)21-14)18-16(20)10-6-2-1-3-7-10/h1-3,6-7H,4-5,8-9H2,(H2,17,19)(H,18,20). The highest BCUT2D eigenvalue weighted by Gasteiger charge is 2.24. The molecule has 1 heterocycles. The molecule has 0 unspecified atom stereocenters. The van der Waals surface area contributed by atoms with E-state index in [2.05, 4.69) is 5.32 Å². The van der Waals surface area contributed by atoms with Crippen LogP contribution in [-0.4, -0.2) is 11.8 Å². The Morgan fingerprint density at radius 1 is 1.10 bits per heavy atom. The lowest BCUT2D eigenvalue weighted by Crippen LogP contribution is -2.17. The van der Waals surface area contributed by atoms with E-state index in [9.17, 15) is 9.59 Å². The van der Waals surface area contributed by atoms with E-state index in [4.69, 9.17) is 5.73 Å². The molecule has 0 bridgehead atoms. The number of rotatable bonds is 3. The molecule has 0 radical (unpaired) electrons. The van der Waals surface area contributed by atoms with Crippen molar-refractivity contribution in [1.29, 1.82) is 0 Å². The average molecular weight is 300 g/mol. The molecule has 4 nitrogen and oxygen atoms in total. The van der Waals surface area contributed by atoms with E-state index >= 15 is 0 Å². The number of benzene rings is 1. The van der Waals surface area contributed by atoms with Gasteiger partial charge in [-0.15, -0.1) is 11.3 Å². The summed E-state index contributed by atoms with van der Waals surface area (Å²) in [7, 11) is 0. The highest BCUT2D eigenvalue weighted by atomic mass is 32.1. The number of thiophene rings is 1. The Morgan fingerprint density at radius 2 is 1.81 bits per heavy atom. The molecule has 2 amide bonds. The van der Waals surface area contributed by atoms with E-state index in [1.54, 1.807) is 12.1 Å². The Kier molecular flexibility index (Phi) is 3.75. The molecule has 1 aromatic heterocycles. The number of fused-ring (bicyclic) bond motifs is 1. The van der Waals surface area contributed by atoms with Gasteiger partial charge in [-0.1, -0.05) is 18.2 Å². The van der Waals surface area contributed by atoms with E-state index < -0.39 is 5.91 Å². The zero-order chi connectivity index (χ0) is 14.8. The van der Waals surface area contributed by atoms with Crippen LogP contribution in [0.15, 0.2) is 30.3 Å². The topological polar surface area (TPSA) is 72.2 Å². The normalized spacial score (nSPS) is 13.5. The molecule has 1 aromatic carbocycles. The molecule has 0 aliphatic heterocycles. The minimum Gasteiger partial charge on any atom is -0.365 e. The molecule has 3 rings (SSSR count). The second-order valence-corrected chi connectivity index (χ2v) is 6.20. The quantitative estimate of drug-likeness (QED) is 0.914. The van der Waals surface area contributed by atoms with Crippen molar-refractivity contribution >= 4 is 28.8 Å². The largest absolute Gasteiger partial charge is 0.365 e.